The zero-order chi connectivity index (χ0) is 9.26. The molecule has 1 aromatic carbocycles. The molecule has 0 radical (unpaired) electrons. The van der Waals surface area contributed by atoms with Crippen molar-refractivity contribution in [3.05, 3.63) is 41.0 Å². The largest absolute Gasteiger partial charge is 0.278 e. The predicted molar refractivity (Wildman–Crippen MR) is 53.8 cm³/mol. The quantitative estimate of drug-likeness (QED) is 0.739. The number of benzene rings is 1. The van der Waals surface area contributed by atoms with Crippen LogP contribution in [0, 0.1) is 6.92 Å². The van der Waals surface area contributed by atoms with Crippen LogP contribution in [0.4, 0.5) is 0 Å². The highest BCUT2D eigenvalue weighted by Crippen LogP contribution is 2.21. The number of nitrogens with zero attached hydrogens (tertiary/aromatic N) is 1. The van der Waals surface area contributed by atoms with Crippen molar-refractivity contribution < 1.29 is 0 Å². The van der Waals surface area contributed by atoms with Gasteiger partial charge in [0.05, 0.1) is 11.9 Å². The van der Waals surface area contributed by atoms with Gasteiger partial charge < -0.3 is 0 Å². The third kappa shape index (κ3) is 1.58. The molecule has 13 heavy (non-hydrogen) atoms. The molecular formula is C10H9ClN2. The molecule has 0 aliphatic rings. The summed E-state index contributed by atoms with van der Waals surface area (Å²) in [5, 5.41) is 7.66. The number of rotatable bonds is 1. The van der Waals surface area contributed by atoms with Gasteiger partial charge in [-0.3, -0.25) is 5.10 Å². The summed E-state index contributed by atoms with van der Waals surface area (Å²) in [6.07, 6.45) is 1.81. The lowest BCUT2D eigenvalue weighted by Gasteiger charge is -1.98. The van der Waals surface area contributed by atoms with Gasteiger partial charge in [-0.15, -0.1) is 0 Å². The first-order valence-corrected chi connectivity index (χ1v) is 4.41. The summed E-state index contributed by atoms with van der Waals surface area (Å²) in [5.41, 5.74) is 3.30. The molecule has 3 heteroatoms. The lowest BCUT2D eigenvalue weighted by Crippen LogP contribution is -1.79. The Labute approximate surface area is 81.6 Å². The third-order valence-electron chi connectivity index (χ3n) is 1.96. The number of H-pyrrole nitrogens is 1. The van der Waals surface area contributed by atoms with E-state index in [0.29, 0.717) is 0 Å². The lowest BCUT2D eigenvalue weighted by atomic mass is 10.1. The normalized spacial score (nSPS) is 10.3. The zero-order valence-electron chi connectivity index (χ0n) is 7.21. The van der Waals surface area contributed by atoms with Gasteiger partial charge in [-0.1, -0.05) is 23.7 Å². The molecule has 0 atom stereocenters. The van der Waals surface area contributed by atoms with E-state index in [0.717, 1.165) is 21.8 Å². The van der Waals surface area contributed by atoms with Crippen molar-refractivity contribution in [2.24, 2.45) is 0 Å². The van der Waals surface area contributed by atoms with Crippen molar-refractivity contribution in [1.82, 2.24) is 10.2 Å². The fourth-order valence-corrected chi connectivity index (χ4v) is 1.38. The molecule has 66 valence electrons. The Morgan fingerprint density at radius 1 is 1.23 bits per heavy atom. The second kappa shape index (κ2) is 3.23. The number of halogens is 1. The van der Waals surface area contributed by atoms with Crippen molar-refractivity contribution in [1.29, 1.82) is 0 Å². The second-order valence-electron chi connectivity index (χ2n) is 2.93. The monoisotopic (exact) mass is 192 g/mol. The molecular weight excluding hydrogens is 184 g/mol. The summed E-state index contributed by atoms with van der Waals surface area (Å²) in [5.74, 6) is 0. The van der Waals surface area contributed by atoms with E-state index in [1.54, 1.807) is 0 Å². The second-order valence-corrected chi connectivity index (χ2v) is 3.37. The van der Waals surface area contributed by atoms with E-state index in [9.17, 15) is 0 Å². The van der Waals surface area contributed by atoms with Gasteiger partial charge in [-0.25, -0.2) is 0 Å². The van der Waals surface area contributed by atoms with Crippen molar-refractivity contribution in [3.63, 3.8) is 0 Å². The Bertz CT molecular complexity index is 403. The standard InChI is InChI=1S/C10H9ClN2/c1-7-6-12-13-10(7)8-2-4-9(11)5-3-8/h2-6H,1H3,(H,12,13). The van der Waals surface area contributed by atoms with Crippen LogP contribution in [0.15, 0.2) is 30.5 Å². The zero-order valence-corrected chi connectivity index (χ0v) is 7.97. The van der Waals surface area contributed by atoms with Gasteiger partial charge in [-0.2, -0.15) is 5.10 Å². The molecule has 0 aliphatic carbocycles. The Morgan fingerprint density at radius 2 is 1.92 bits per heavy atom. The summed E-state index contributed by atoms with van der Waals surface area (Å²) >= 11 is 5.79. The first-order chi connectivity index (χ1) is 6.27. The maximum absolute atomic E-state index is 5.79. The SMILES string of the molecule is Cc1cn[nH]c1-c1ccc(Cl)cc1. The van der Waals surface area contributed by atoms with E-state index < -0.39 is 0 Å². The van der Waals surface area contributed by atoms with Gasteiger partial charge in [-0.05, 0) is 30.2 Å². The first-order valence-electron chi connectivity index (χ1n) is 4.03. The molecule has 0 spiro atoms. The van der Waals surface area contributed by atoms with Crippen molar-refractivity contribution >= 4 is 11.6 Å². The minimum atomic E-state index is 0.751. The number of nitrogens with one attached hydrogen (secondary N) is 1. The molecule has 2 nitrogen and oxygen atoms in total. The average Bonchev–Trinajstić information content (AvgIpc) is 2.53. The van der Waals surface area contributed by atoms with Crippen LogP contribution in [0.1, 0.15) is 5.56 Å². The molecule has 1 aromatic heterocycles. The van der Waals surface area contributed by atoms with Gasteiger partial charge >= 0.3 is 0 Å². The van der Waals surface area contributed by atoms with Crippen LogP contribution in [0.3, 0.4) is 0 Å². The van der Waals surface area contributed by atoms with Crippen LogP contribution < -0.4 is 0 Å². The smallest absolute Gasteiger partial charge is 0.0679 e. The Morgan fingerprint density at radius 3 is 2.46 bits per heavy atom. The number of aryl methyl sites for hydroxylation is 1. The summed E-state index contributed by atoms with van der Waals surface area (Å²) in [7, 11) is 0. The summed E-state index contributed by atoms with van der Waals surface area (Å²) in [6.45, 7) is 2.02. The van der Waals surface area contributed by atoms with Crippen molar-refractivity contribution in [2.75, 3.05) is 0 Å². The van der Waals surface area contributed by atoms with Crippen LogP contribution in [0.2, 0.25) is 5.02 Å². The highest BCUT2D eigenvalue weighted by molar-refractivity contribution is 6.30. The first kappa shape index (κ1) is 8.32. The van der Waals surface area contributed by atoms with Crippen LogP contribution in [0.25, 0.3) is 11.3 Å². The van der Waals surface area contributed by atoms with Gasteiger partial charge in [0, 0.05) is 5.02 Å². The van der Waals surface area contributed by atoms with Crippen molar-refractivity contribution in [3.8, 4) is 11.3 Å². The molecule has 0 saturated heterocycles. The minimum Gasteiger partial charge on any atom is -0.278 e. The number of aromatic nitrogens is 2. The molecule has 2 rings (SSSR count). The Hall–Kier alpha value is -1.28. The molecule has 0 amide bonds. The van der Waals surface area contributed by atoms with Gasteiger partial charge in [0.1, 0.15) is 0 Å². The van der Waals surface area contributed by atoms with E-state index in [2.05, 4.69) is 10.2 Å². The fourth-order valence-electron chi connectivity index (χ4n) is 1.26. The average molecular weight is 193 g/mol. The predicted octanol–water partition coefficient (Wildman–Crippen LogP) is 3.04. The third-order valence-corrected chi connectivity index (χ3v) is 2.21. The van der Waals surface area contributed by atoms with Crippen LogP contribution in [-0.2, 0) is 0 Å². The Balaban J connectivity index is 2.47. The minimum absolute atomic E-state index is 0.751. The molecule has 0 aliphatic heterocycles. The van der Waals surface area contributed by atoms with Crippen LogP contribution in [0.5, 0.6) is 0 Å². The van der Waals surface area contributed by atoms with Crippen LogP contribution >= 0.6 is 11.6 Å². The topological polar surface area (TPSA) is 28.7 Å². The summed E-state index contributed by atoms with van der Waals surface area (Å²) in [4.78, 5) is 0. The van der Waals surface area contributed by atoms with E-state index in [1.807, 2.05) is 37.4 Å². The van der Waals surface area contributed by atoms with Gasteiger partial charge in [0.25, 0.3) is 0 Å². The molecule has 0 fully saturated rings. The molecule has 0 bridgehead atoms. The number of hydrogen-bond donors (Lipinski definition) is 1. The molecule has 1 N–H and O–H groups in total. The van der Waals surface area contributed by atoms with Gasteiger partial charge in [0.15, 0.2) is 0 Å². The number of hydrogen-bond acceptors (Lipinski definition) is 1. The molecule has 2 aromatic rings. The molecule has 0 saturated carbocycles. The summed E-state index contributed by atoms with van der Waals surface area (Å²) in [6, 6.07) is 7.69. The maximum atomic E-state index is 5.79. The summed E-state index contributed by atoms with van der Waals surface area (Å²) < 4.78 is 0. The van der Waals surface area contributed by atoms with Crippen LogP contribution in [-0.4, -0.2) is 10.2 Å². The van der Waals surface area contributed by atoms with E-state index in [-0.39, 0.29) is 0 Å². The van der Waals surface area contributed by atoms with Crippen molar-refractivity contribution in [2.45, 2.75) is 6.92 Å². The maximum Gasteiger partial charge on any atom is 0.0679 e. The Kier molecular flexibility index (Phi) is 2.07. The highest BCUT2D eigenvalue weighted by atomic mass is 35.5. The fraction of sp³-hybridized carbons (Fsp3) is 0.100. The van der Waals surface area contributed by atoms with E-state index in [1.165, 1.54) is 0 Å². The highest BCUT2D eigenvalue weighted by Gasteiger charge is 2.02. The number of aromatic amines is 1. The van der Waals surface area contributed by atoms with E-state index in [4.69, 9.17) is 11.6 Å². The lowest BCUT2D eigenvalue weighted by molar-refractivity contribution is 1.10. The van der Waals surface area contributed by atoms with E-state index >= 15 is 0 Å². The van der Waals surface area contributed by atoms with Gasteiger partial charge in [0.2, 0.25) is 0 Å². The molecule has 0 unspecified atom stereocenters. The molecule has 1 heterocycles.